The molecule has 0 bridgehead atoms. The van der Waals surface area contributed by atoms with Crippen molar-refractivity contribution in [2.45, 2.75) is 6.92 Å². The molecule has 22 heavy (non-hydrogen) atoms. The topological polar surface area (TPSA) is 17.8 Å². The lowest BCUT2D eigenvalue weighted by Crippen LogP contribution is -1.99. The summed E-state index contributed by atoms with van der Waals surface area (Å²) in [5.74, 6) is 0.950. The van der Waals surface area contributed by atoms with Crippen molar-refractivity contribution in [2.75, 3.05) is 0 Å². The molecule has 0 aliphatic carbocycles. The van der Waals surface area contributed by atoms with Gasteiger partial charge in [-0.25, -0.2) is 4.98 Å². The van der Waals surface area contributed by atoms with Crippen LogP contribution in [0.3, 0.4) is 0 Å². The van der Waals surface area contributed by atoms with Crippen LogP contribution in [0.2, 0.25) is 0 Å². The summed E-state index contributed by atoms with van der Waals surface area (Å²) in [5, 5.41) is 1.27. The number of rotatable bonds is 2. The van der Waals surface area contributed by atoms with Gasteiger partial charge in [0.25, 0.3) is 0 Å². The molecule has 0 saturated heterocycles. The van der Waals surface area contributed by atoms with Crippen LogP contribution in [0.25, 0.3) is 28.0 Å². The predicted molar refractivity (Wildman–Crippen MR) is 91.2 cm³/mol. The van der Waals surface area contributed by atoms with Gasteiger partial charge < -0.3 is 0 Å². The van der Waals surface area contributed by atoms with Crippen molar-refractivity contribution in [1.82, 2.24) is 9.55 Å². The highest BCUT2D eigenvalue weighted by atomic mass is 15.1. The molecule has 0 fully saturated rings. The molecule has 0 spiro atoms. The number of aromatic nitrogens is 2. The van der Waals surface area contributed by atoms with E-state index in [2.05, 4.69) is 71.1 Å². The summed E-state index contributed by atoms with van der Waals surface area (Å²) in [5.41, 5.74) is 4.90. The number of aryl methyl sites for hydroxylation is 1. The standard InChI is InChI=1S/C20H16N2/c1-15-17-11-5-6-12-18(17)22(19-13-7-8-14-21-19)20(15)16-9-3-2-4-10-16/h2-14H,1H3. The molecule has 2 heteroatoms. The van der Waals surface area contributed by atoms with Crippen molar-refractivity contribution in [3.63, 3.8) is 0 Å². The van der Waals surface area contributed by atoms with Crippen molar-refractivity contribution >= 4 is 10.9 Å². The summed E-state index contributed by atoms with van der Waals surface area (Å²) in [6.07, 6.45) is 1.84. The number of pyridine rings is 1. The Morgan fingerprint density at radius 2 is 1.50 bits per heavy atom. The van der Waals surface area contributed by atoms with Gasteiger partial charge in [0.15, 0.2) is 0 Å². The van der Waals surface area contributed by atoms with E-state index in [1.165, 1.54) is 27.7 Å². The third-order valence-corrected chi connectivity index (χ3v) is 4.05. The molecule has 0 aliphatic rings. The van der Waals surface area contributed by atoms with E-state index in [0.717, 1.165) is 5.82 Å². The quantitative estimate of drug-likeness (QED) is 0.506. The van der Waals surface area contributed by atoms with Crippen molar-refractivity contribution in [3.05, 3.63) is 84.6 Å². The van der Waals surface area contributed by atoms with Crippen LogP contribution < -0.4 is 0 Å². The molecule has 0 atom stereocenters. The highest BCUT2D eigenvalue weighted by molar-refractivity contribution is 5.93. The molecule has 106 valence electrons. The van der Waals surface area contributed by atoms with E-state index in [0.29, 0.717) is 0 Å². The lowest BCUT2D eigenvalue weighted by Gasteiger charge is -2.11. The normalized spacial score (nSPS) is 11.0. The van der Waals surface area contributed by atoms with E-state index >= 15 is 0 Å². The summed E-state index contributed by atoms with van der Waals surface area (Å²) in [7, 11) is 0. The first kappa shape index (κ1) is 12.8. The number of hydrogen-bond acceptors (Lipinski definition) is 1. The summed E-state index contributed by atoms with van der Waals surface area (Å²) in [6, 6.07) is 25.0. The molecular weight excluding hydrogens is 268 g/mol. The van der Waals surface area contributed by atoms with Crippen molar-refractivity contribution in [3.8, 4) is 17.1 Å². The lowest BCUT2D eigenvalue weighted by atomic mass is 10.1. The van der Waals surface area contributed by atoms with E-state index < -0.39 is 0 Å². The Balaban J connectivity index is 2.14. The van der Waals surface area contributed by atoms with Crippen LogP contribution in [0, 0.1) is 6.92 Å². The average Bonchev–Trinajstić information content (AvgIpc) is 2.90. The molecule has 0 radical (unpaired) electrons. The zero-order chi connectivity index (χ0) is 14.9. The van der Waals surface area contributed by atoms with E-state index in [9.17, 15) is 0 Å². The highest BCUT2D eigenvalue weighted by Gasteiger charge is 2.16. The molecule has 0 N–H and O–H groups in total. The molecule has 0 saturated carbocycles. The van der Waals surface area contributed by atoms with Gasteiger partial charge in [0.2, 0.25) is 0 Å². The van der Waals surface area contributed by atoms with Crippen LogP contribution in [0.4, 0.5) is 0 Å². The number of para-hydroxylation sites is 1. The van der Waals surface area contributed by atoms with Gasteiger partial charge in [0, 0.05) is 11.6 Å². The van der Waals surface area contributed by atoms with Gasteiger partial charge in [0.05, 0.1) is 11.2 Å². The van der Waals surface area contributed by atoms with Gasteiger partial charge in [-0.15, -0.1) is 0 Å². The first-order valence-electron chi connectivity index (χ1n) is 7.43. The third kappa shape index (κ3) is 1.92. The molecular formula is C20H16N2. The second-order valence-corrected chi connectivity index (χ2v) is 5.38. The Morgan fingerprint density at radius 1 is 0.773 bits per heavy atom. The Labute approximate surface area is 129 Å². The fourth-order valence-corrected chi connectivity index (χ4v) is 3.07. The van der Waals surface area contributed by atoms with Gasteiger partial charge in [0.1, 0.15) is 5.82 Å². The maximum Gasteiger partial charge on any atom is 0.137 e. The zero-order valence-corrected chi connectivity index (χ0v) is 12.4. The Morgan fingerprint density at radius 3 is 2.27 bits per heavy atom. The van der Waals surface area contributed by atoms with Gasteiger partial charge in [-0.1, -0.05) is 54.6 Å². The minimum absolute atomic E-state index is 0.950. The number of benzene rings is 2. The Bertz CT molecular complexity index is 922. The summed E-state index contributed by atoms with van der Waals surface area (Å²) in [4.78, 5) is 4.56. The maximum atomic E-state index is 4.56. The van der Waals surface area contributed by atoms with Crippen LogP contribution in [-0.4, -0.2) is 9.55 Å². The monoisotopic (exact) mass is 284 g/mol. The van der Waals surface area contributed by atoms with E-state index in [1.807, 2.05) is 24.4 Å². The molecule has 0 aliphatic heterocycles. The van der Waals surface area contributed by atoms with Crippen LogP contribution in [0.15, 0.2) is 79.0 Å². The number of hydrogen-bond donors (Lipinski definition) is 0. The van der Waals surface area contributed by atoms with Crippen molar-refractivity contribution < 1.29 is 0 Å². The summed E-state index contributed by atoms with van der Waals surface area (Å²) >= 11 is 0. The van der Waals surface area contributed by atoms with E-state index in [4.69, 9.17) is 0 Å². The molecule has 4 rings (SSSR count). The Hall–Kier alpha value is -2.87. The molecule has 2 aromatic heterocycles. The first-order valence-corrected chi connectivity index (χ1v) is 7.43. The van der Waals surface area contributed by atoms with Gasteiger partial charge >= 0.3 is 0 Å². The van der Waals surface area contributed by atoms with E-state index in [-0.39, 0.29) is 0 Å². The summed E-state index contributed by atoms with van der Waals surface area (Å²) in [6.45, 7) is 2.18. The first-order chi connectivity index (χ1) is 10.9. The van der Waals surface area contributed by atoms with E-state index in [1.54, 1.807) is 0 Å². The average molecular weight is 284 g/mol. The predicted octanol–water partition coefficient (Wildman–Crippen LogP) is 5.00. The smallest absolute Gasteiger partial charge is 0.137 e. The SMILES string of the molecule is Cc1c(-c2ccccc2)n(-c2ccccn2)c2ccccc12. The number of nitrogens with zero attached hydrogens (tertiary/aromatic N) is 2. The highest BCUT2D eigenvalue weighted by Crippen LogP contribution is 2.35. The second kappa shape index (κ2) is 5.15. The molecule has 0 amide bonds. The van der Waals surface area contributed by atoms with Crippen LogP contribution in [0.5, 0.6) is 0 Å². The van der Waals surface area contributed by atoms with Gasteiger partial charge in [-0.3, -0.25) is 4.57 Å². The lowest BCUT2D eigenvalue weighted by molar-refractivity contribution is 1.05. The molecule has 2 heterocycles. The third-order valence-electron chi connectivity index (χ3n) is 4.05. The van der Waals surface area contributed by atoms with Crippen LogP contribution >= 0.6 is 0 Å². The fraction of sp³-hybridized carbons (Fsp3) is 0.0500. The zero-order valence-electron chi connectivity index (χ0n) is 12.4. The largest absolute Gasteiger partial charge is 0.294 e. The molecule has 0 unspecified atom stereocenters. The van der Waals surface area contributed by atoms with Gasteiger partial charge in [-0.2, -0.15) is 0 Å². The molecule has 2 nitrogen and oxygen atoms in total. The minimum atomic E-state index is 0.950. The number of fused-ring (bicyclic) bond motifs is 1. The second-order valence-electron chi connectivity index (χ2n) is 5.38. The van der Waals surface area contributed by atoms with Crippen LogP contribution in [-0.2, 0) is 0 Å². The molecule has 4 aromatic rings. The van der Waals surface area contributed by atoms with Crippen molar-refractivity contribution in [1.29, 1.82) is 0 Å². The summed E-state index contributed by atoms with van der Waals surface area (Å²) < 4.78 is 2.25. The maximum absolute atomic E-state index is 4.56. The Kier molecular flexibility index (Phi) is 3.01. The molecule has 2 aromatic carbocycles. The van der Waals surface area contributed by atoms with Crippen molar-refractivity contribution in [2.24, 2.45) is 0 Å². The van der Waals surface area contributed by atoms with Gasteiger partial charge in [-0.05, 0) is 36.2 Å². The minimum Gasteiger partial charge on any atom is -0.294 e. The fourth-order valence-electron chi connectivity index (χ4n) is 3.07. The van der Waals surface area contributed by atoms with Crippen LogP contribution in [0.1, 0.15) is 5.56 Å².